The van der Waals surface area contributed by atoms with Gasteiger partial charge in [0.2, 0.25) is 0 Å². The maximum absolute atomic E-state index is 13.5. The van der Waals surface area contributed by atoms with Gasteiger partial charge in [-0.05, 0) is 36.4 Å². The topological polar surface area (TPSA) is 52.6 Å². The highest BCUT2D eigenvalue weighted by atomic mass is 79.9. The van der Waals surface area contributed by atoms with Gasteiger partial charge in [0.1, 0.15) is 11.6 Å². The van der Waals surface area contributed by atoms with E-state index in [9.17, 15) is 14.0 Å². The van der Waals surface area contributed by atoms with E-state index in [1.807, 2.05) is 0 Å². The summed E-state index contributed by atoms with van der Waals surface area (Å²) in [6, 6.07) is 8.21. The highest BCUT2D eigenvalue weighted by molar-refractivity contribution is 9.10. The fourth-order valence-electron chi connectivity index (χ4n) is 1.84. The molecule has 0 N–H and O–H groups in total. The van der Waals surface area contributed by atoms with Crippen LogP contribution in [0, 0.1) is 5.82 Å². The number of rotatable bonds is 5. The van der Waals surface area contributed by atoms with Gasteiger partial charge < -0.3 is 9.47 Å². The Labute approximate surface area is 145 Å². The number of ketones is 1. The lowest BCUT2D eigenvalue weighted by molar-refractivity contribution is -0.142. The van der Waals surface area contributed by atoms with Crippen LogP contribution in [0.15, 0.2) is 40.9 Å². The van der Waals surface area contributed by atoms with Gasteiger partial charge in [-0.2, -0.15) is 0 Å². The fraction of sp³-hybridized carbons (Fsp3) is 0.125. The first-order valence-corrected chi connectivity index (χ1v) is 7.57. The second-order valence-corrected chi connectivity index (χ2v) is 5.84. The second kappa shape index (κ2) is 7.57. The number of halogens is 3. The normalized spacial score (nSPS) is 10.3. The Morgan fingerprint density at radius 3 is 2.61 bits per heavy atom. The van der Waals surface area contributed by atoms with Gasteiger partial charge in [-0.1, -0.05) is 27.5 Å². The van der Waals surface area contributed by atoms with Gasteiger partial charge in [-0.25, -0.2) is 9.18 Å². The summed E-state index contributed by atoms with van der Waals surface area (Å²) in [7, 11) is 1.23. The molecule has 0 atom stereocenters. The number of carbonyl (C=O) groups excluding carboxylic acids is 2. The third kappa shape index (κ3) is 4.53. The van der Waals surface area contributed by atoms with Crippen molar-refractivity contribution in [3.63, 3.8) is 0 Å². The van der Waals surface area contributed by atoms with E-state index in [4.69, 9.17) is 16.3 Å². The molecule has 4 nitrogen and oxygen atoms in total. The van der Waals surface area contributed by atoms with Crippen LogP contribution in [0.5, 0.6) is 5.75 Å². The van der Waals surface area contributed by atoms with E-state index in [1.165, 1.54) is 37.4 Å². The lowest BCUT2D eigenvalue weighted by Crippen LogP contribution is -2.14. The molecule has 2 aromatic rings. The lowest BCUT2D eigenvalue weighted by atomic mass is 10.0. The summed E-state index contributed by atoms with van der Waals surface area (Å²) in [5.41, 5.74) is 0.251. The fourth-order valence-corrected chi connectivity index (χ4v) is 2.48. The van der Waals surface area contributed by atoms with E-state index in [0.717, 1.165) is 6.07 Å². The van der Waals surface area contributed by atoms with Crippen LogP contribution in [0.4, 0.5) is 4.39 Å². The summed E-state index contributed by atoms with van der Waals surface area (Å²) in [5, 5.41) is 0.314. The quantitative estimate of drug-likeness (QED) is 0.561. The zero-order valence-corrected chi connectivity index (χ0v) is 14.3. The standard InChI is InChI=1S/C16H11BrClFO4/c1-22-15(20)8-23-14-3-2-11(18)7-13(14)16(21)9-4-10(17)6-12(19)5-9/h2-7H,8H2,1H3. The summed E-state index contributed by atoms with van der Waals surface area (Å²) in [4.78, 5) is 23.8. The number of esters is 1. The SMILES string of the molecule is COC(=O)COc1ccc(Cl)cc1C(=O)c1cc(F)cc(Br)c1. The van der Waals surface area contributed by atoms with Gasteiger partial charge in [0.05, 0.1) is 12.7 Å². The molecule has 0 spiro atoms. The molecule has 0 radical (unpaired) electrons. The largest absolute Gasteiger partial charge is 0.481 e. The molecule has 0 bridgehead atoms. The first-order chi connectivity index (χ1) is 10.9. The molecule has 0 heterocycles. The van der Waals surface area contributed by atoms with Crippen LogP contribution in [0.2, 0.25) is 5.02 Å². The first-order valence-electron chi connectivity index (χ1n) is 6.40. The highest BCUT2D eigenvalue weighted by Crippen LogP contribution is 2.27. The van der Waals surface area contributed by atoms with Gasteiger partial charge in [0, 0.05) is 15.1 Å². The molecule has 0 amide bonds. The minimum Gasteiger partial charge on any atom is -0.481 e. The Bertz CT molecular complexity index is 743. The summed E-state index contributed by atoms with van der Waals surface area (Å²) < 4.78 is 23.7. The zero-order valence-electron chi connectivity index (χ0n) is 11.9. The number of hydrogen-bond acceptors (Lipinski definition) is 4. The van der Waals surface area contributed by atoms with E-state index < -0.39 is 17.6 Å². The van der Waals surface area contributed by atoms with E-state index >= 15 is 0 Å². The van der Waals surface area contributed by atoms with Crippen LogP contribution in [0.1, 0.15) is 15.9 Å². The van der Waals surface area contributed by atoms with Crippen LogP contribution < -0.4 is 4.74 Å². The minimum atomic E-state index is -0.591. The Hall–Kier alpha value is -1.92. The molecule has 120 valence electrons. The molecular formula is C16H11BrClFO4. The van der Waals surface area contributed by atoms with E-state index in [1.54, 1.807) is 0 Å². The molecule has 2 aromatic carbocycles. The summed E-state index contributed by atoms with van der Waals surface area (Å²) >= 11 is 9.05. The van der Waals surface area contributed by atoms with Crippen molar-refractivity contribution in [1.82, 2.24) is 0 Å². The number of carbonyl (C=O) groups is 2. The van der Waals surface area contributed by atoms with Crippen LogP contribution in [-0.4, -0.2) is 25.5 Å². The van der Waals surface area contributed by atoms with Crippen molar-refractivity contribution in [1.29, 1.82) is 0 Å². The molecule has 7 heteroatoms. The average Bonchev–Trinajstić information content (AvgIpc) is 2.51. The maximum Gasteiger partial charge on any atom is 0.343 e. The lowest BCUT2D eigenvalue weighted by Gasteiger charge is -2.11. The second-order valence-electron chi connectivity index (χ2n) is 4.49. The molecule has 0 aliphatic rings. The van der Waals surface area contributed by atoms with E-state index in [0.29, 0.717) is 9.50 Å². The van der Waals surface area contributed by atoms with Crippen molar-refractivity contribution >= 4 is 39.3 Å². The average molecular weight is 402 g/mol. The summed E-state index contributed by atoms with van der Waals surface area (Å²) in [6.45, 7) is -0.356. The van der Waals surface area contributed by atoms with Gasteiger partial charge in [-0.15, -0.1) is 0 Å². The Balaban J connectivity index is 2.38. The summed E-state index contributed by atoms with van der Waals surface area (Å²) in [5.74, 6) is -1.47. The zero-order chi connectivity index (χ0) is 17.0. The smallest absolute Gasteiger partial charge is 0.343 e. The molecule has 2 rings (SSSR count). The third-order valence-electron chi connectivity index (χ3n) is 2.88. The molecule has 0 aliphatic carbocycles. The van der Waals surface area contributed by atoms with Crippen molar-refractivity contribution in [3.05, 3.63) is 62.8 Å². The van der Waals surface area contributed by atoms with Crippen LogP contribution >= 0.6 is 27.5 Å². The van der Waals surface area contributed by atoms with Crippen LogP contribution in [0.3, 0.4) is 0 Å². The minimum absolute atomic E-state index is 0.124. The van der Waals surface area contributed by atoms with E-state index in [2.05, 4.69) is 20.7 Å². The molecule has 0 aromatic heterocycles. The molecule has 0 unspecified atom stereocenters. The van der Waals surface area contributed by atoms with Crippen LogP contribution in [0.25, 0.3) is 0 Å². The van der Waals surface area contributed by atoms with Gasteiger partial charge in [-0.3, -0.25) is 4.79 Å². The maximum atomic E-state index is 13.5. The molecule has 0 saturated carbocycles. The van der Waals surface area contributed by atoms with Gasteiger partial charge in [0.15, 0.2) is 12.4 Å². The number of hydrogen-bond donors (Lipinski definition) is 0. The highest BCUT2D eigenvalue weighted by Gasteiger charge is 2.18. The van der Waals surface area contributed by atoms with Gasteiger partial charge in [0.25, 0.3) is 0 Å². The molecule has 0 saturated heterocycles. The number of benzene rings is 2. The number of methoxy groups -OCH3 is 1. The molecule has 0 aliphatic heterocycles. The van der Waals surface area contributed by atoms with Crippen molar-refractivity contribution < 1.29 is 23.5 Å². The van der Waals surface area contributed by atoms with E-state index in [-0.39, 0.29) is 23.5 Å². The molecule has 0 fully saturated rings. The molecular weight excluding hydrogens is 391 g/mol. The monoisotopic (exact) mass is 400 g/mol. The third-order valence-corrected chi connectivity index (χ3v) is 3.58. The Kier molecular flexibility index (Phi) is 5.74. The molecule has 23 heavy (non-hydrogen) atoms. The van der Waals surface area contributed by atoms with Crippen molar-refractivity contribution in [2.24, 2.45) is 0 Å². The van der Waals surface area contributed by atoms with Crippen LogP contribution in [-0.2, 0) is 9.53 Å². The predicted molar refractivity (Wildman–Crippen MR) is 86.5 cm³/mol. The Morgan fingerprint density at radius 2 is 1.96 bits per heavy atom. The van der Waals surface area contributed by atoms with Crippen molar-refractivity contribution in [2.75, 3.05) is 13.7 Å². The first kappa shape index (κ1) is 17.4. The van der Waals surface area contributed by atoms with Gasteiger partial charge >= 0.3 is 5.97 Å². The van der Waals surface area contributed by atoms with Crippen molar-refractivity contribution in [2.45, 2.75) is 0 Å². The summed E-state index contributed by atoms with van der Waals surface area (Å²) in [6.07, 6.45) is 0. The number of ether oxygens (including phenoxy) is 2. The van der Waals surface area contributed by atoms with Crippen molar-refractivity contribution in [3.8, 4) is 5.75 Å². The predicted octanol–water partition coefficient (Wildman–Crippen LogP) is 4.02. The Morgan fingerprint density at radius 1 is 1.22 bits per heavy atom.